The van der Waals surface area contributed by atoms with E-state index in [1.807, 2.05) is 56.3 Å². The predicted octanol–water partition coefficient (Wildman–Crippen LogP) is 3.23. The monoisotopic (exact) mass is 285 g/mol. The van der Waals surface area contributed by atoms with Crippen LogP contribution in [0, 0.1) is 0 Å². The number of hydrogen-bond acceptors (Lipinski definition) is 4. The summed E-state index contributed by atoms with van der Waals surface area (Å²) in [6.07, 6.45) is 0. The van der Waals surface area contributed by atoms with E-state index in [0.29, 0.717) is 30.4 Å². The molecule has 4 heteroatoms. The first-order valence-electron chi connectivity index (χ1n) is 6.99. The van der Waals surface area contributed by atoms with Crippen LogP contribution < -0.4 is 19.9 Å². The molecule has 0 aliphatic carbocycles. The minimum absolute atomic E-state index is 0.429. The van der Waals surface area contributed by atoms with Gasteiger partial charge in [0.15, 0.2) is 11.5 Å². The lowest BCUT2D eigenvalue weighted by molar-refractivity contribution is -0.0441. The highest BCUT2D eigenvalue weighted by atomic mass is 16.7. The van der Waals surface area contributed by atoms with Crippen LogP contribution in [-0.4, -0.2) is 5.79 Å². The number of rotatable bonds is 4. The van der Waals surface area contributed by atoms with Crippen LogP contribution >= 0.6 is 0 Å². The van der Waals surface area contributed by atoms with Crippen LogP contribution in [-0.2, 0) is 13.2 Å². The maximum absolute atomic E-state index is 5.91. The molecule has 0 spiro atoms. The summed E-state index contributed by atoms with van der Waals surface area (Å²) in [5, 5.41) is 0. The quantitative estimate of drug-likeness (QED) is 0.937. The summed E-state index contributed by atoms with van der Waals surface area (Å²) < 4.78 is 17.5. The summed E-state index contributed by atoms with van der Waals surface area (Å²) in [5.41, 5.74) is 7.79. The fourth-order valence-corrected chi connectivity index (χ4v) is 2.30. The van der Waals surface area contributed by atoms with Crippen LogP contribution in [0.5, 0.6) is 17.2 Å². The van der Waals surface area contributed by atoms with Gasteiger partial charge in [0.05, 0.1) is 0 Å². The molecule has 1 aliphatic heterocycles. The van der Waals surface area contributed by atoms with Crippen LogP contribution in [0.25, 0.3) is 0 Å². The molecule has 3 rings (SSSR count). The van der Waals surface area contributed by atoms with Crippen molar-refractivity contribution >= 4 is 0 Å². The van der Waals surface area contributed by atoms with Crippen LogP contribution in [0.15, 0.2) is 42.5 Å². The van der Waals surface area contributed by atoms with Gasteiger partial charge in [0.2, 0.25) is 11.5 Å². The largest absolute Gasteiger partial charge is 0.485 e. The summed E-state index contributed by atoms with van der Waals surface area (Å²) in [5.74, 6) is 1.32. The van der Waals surface area contributed by atoms with Gasteiger partial charge in [-0.2, -0.15) is 0 Å². The number of nitrogens with two attached hydrogens (primary N) is 1. The second kappa shape index (κ2) is 5.30. The van der Waals surface area contributed by atoms with Crippen LogP contribution in [0.4, 0.5) is 0 Å². The molecule has 0 radical (unpaired) electrons. The van der Waals surface area contributed by atoms with E-state index in [4.69, 9.17) is 19.9 Å². The molecule has 2 N–H and O–H groups in total. The number of hydrogen-bond donors (Lipinski definition) is 1. The molecule has 0 fully saturated rings. The Labute approximate surface area is 124 Å². The summed E-state index contributed by atoms with van der Waals surface area (Å²) in [4.78, 5) is 0. The van der Waals surface area contributed by atoms with Gasteiger partial charge in [-0.1, -0.05) is 30.3 Å². The first-order valence-corrected chi connectivity index (χ1v) is 6.99. The second-order valence-corrected chi connectivity index (χ2v) is 5.50. The van der Waals surface area contributed by atoms with Crippen molar-refractivity contribution in [2.75, 3.05) is 0 Å². The molecule has 1 aliphatic rings. The zero-order chi connectivity index (χ0) is 14.9. The first-order chi connectivity index (χ1) is 10.1. The molecule has 4 nitrogen and oxygen atoms in total. The van der Waals surface area contributed by atoms with E-state index >= 15 is 0 Å². The molecule has 1 heterocycles. The van der Waals surface area contributed by atoms with Gasteiger partial charge in [0.25, 0.3) is 0 Å². The molecule has 0 unspecified atom stereocenters. The van der Waals surface area contributed by atoms with E-state index in [0.717, 1.165) is 11.1 Å². The summed E-state index contributed by atoms with van der Waals surface area (Å²) in [6.45, 7) is 4.65. The Hall–Kier alpha value is -2.20. The van der Waals surface area contributed by atoms with Gasteiger partial charge in [-0.25, -0.2) is 0 Å². The highest BCUT2D eigenvalue weighted by Gasteiger charge is 2.34. The van der Waals surface area contributed by atoms with Crippen molar-refractivity contribution in [2.45, 2.75) is 32.8 Å². The van der Waals surface area contributed by atoms with Gasteiger partial charge in [0.1, 0.15) is 6.61 Å². The van der Waals surface area contributed by atoms with Crippen LogP contribution in [0.2, 0.25) is 0 Å². The molecule has 0 saturated carbocycles. The molecule has 0 saturated heterocycles. The molecule has 2 aromatic rings. The van der Waals surface area contributed by atoms with E-state index in [1.54, 1.807) is 0 Å². The van der Waals surface area contributed by atoms with E-state index in [-0.39, 0.29) is 0 Å². The second-order valence-electron chi connectivity index (χ2n) is 5.50. The van der Waals surface area contributed by atoms with Crippen LogP contribution in [0.1, 0.15) is 25.0 Å². The van der Waals surface area contributed by atoms with E-state index in [1.165, 1.54) is 0 Å². The molecule has 0 atom stereocenters. The Kier molecular flexibility index (Phi) is 3.47. The molecular formula is C17H19NO3. The lowest BCUT2D eigenvalue weighted by atomic mass is 10.2. The van der Waals surface area contributed by atoms with Gasteiger partial charge in [-0.05, 0) is 23.3 Å². The lowest BCUT2D eigenvalue weighted by Crippen LogP contribution is -2.29. The summed E-state index contributed by atoms with van der Waals surface area (Å²) in [7, 11) is 0. The van der Waals surface area contributed by atoms with E-state index in [2.05, 4.69) is 0 Å². The summed E-state index contributed by atoms with van der Waals surface area (Å²) in [6, 6.07) is 13.8. The van der Waals surface area contributed by atoms with Crippen molar-refractivity contribution in [1.82, 2.24) is 0 Å². The third-order valence-electron chi connectivity index (χ3n) is 3.26. The minimum atomic E-state index is -0.680. The molecular weight excluding hydrogens is 266 g/mol. The zero-order valence-electron chi connectivity index (χ0n) is 12.3. The van der Waals surface area contributed by atoms with Gasteiger partial charge >= 0.3 is 0 Å². The fraction of sp³-hybridized carbons (Fsp3) is 0.294. The molecule has 0 amide bonds. The molecule has 110 valence electrons. The van der Waals surface area contributed by atoms with Crippen molar-refractivity contribution in [1.29, 1.82) is 0 Å². The van der Waals surface area contributed by atoms with Gasteiger partial charge in [-0.15, -0.1) is 0 Å². The molecule has 2 aromatic carbocycles. The van der Waals surface area contributed by atoms with E-state index in [9.17, 15) is 0 Å². The fourth-order valence-electron chi connectivity index (χ4n) is 2.30. The maximum Gasteiger partial charge on any atom is 0.246 e. The van der Waals surface area contributed by atoms with Crippen LogP contribution in [0.3, 0.4) is 0 Å². The van der Waals surface area contributed by atoms with Crippen molar-refractivity contribution in [3.05, 3.63) is 53.6 Å². The molecule has 0 aromatic heterocycles. The Morgan fingerprint density at radius 2 is 1.81 bits per heavy atom. The van der Waals surface area contributed by atoms with Crippen molar-refractivity contribution < 1.29 is 14.2 Å². The molecule has 0 bridgehead atoms. The standard InChI is InChI=1S/C17H19NO3/c1-17(2)20-15-9-13(10-18)8-14(16(15)21-17)19-11-12-6-4-3-5-7-12/h3-9H,10-11,18H2,1-2H3. The van der Waals surface area contributed by atoms with E-state index < -0.39 is 5.79 Å². The number of ether oxygens (including phenoxy) is 3. The smallest absolute Gasteiger partial charge is 0.246 e. The zero-order valence-corrected chi connectivity index (χ0v) is 12.3. The maximum atomic E-state index is 5.91. The minimum Gasteiger partial charge on any atom is -0.485 e. The van der Waals surface area contributed by atoms with Gasteiger partial charge in [-0.3, -0.25) is 0 Å². The van der Waals surface area contributed by atoms with Crippen molar-refractivity contribution in [3.63, 3.8) is 0 Å². The van der Waals surface area contributed by atoms with Gasteiger partial charge < -0.3 is 19.9 Å². The Bertz CT molecular complexity index is 638. The van der Waals surface area contributed by atoms with Gasteiger partial charge in [0, 0.05) is 20.4 Å². The molecule has 21 heavy (non-hydrogen) atoms. The Balaban J connectivity index is 1.86. The third kappa shape index (κ3) is 2.95. The lowest BCUT2D eigenvalue weighted by Gasteiger charge is -2.16. The first kappa shape index (κ1) is 13.8. The third-order valence-corrected chi connectivity index (χ3v) is 3.26. The average molecular weight is 285 g/mol. The topological polar surface area (TPSA) is 53.7 Å². The van der Waals surface area contributed by atoms with Crippen molar-refractivity contribution in [2.24, 2.45) is 5.73 Å². The highest BCUT2D eigenvalue weighted by Crippen LogP contribution is 2.46. The highest BCUT2D eigenvalue weighted by molar-refractivity contribution is 5.56. The Morgan fingerprint density at radius 1 is 1.05 bits per heavy atom. The Morgan fingerprint density at radius 3 is 2.52 bits per heavy atom. The SMILES string of the molecule is CC1(C)Oc2cc(CN)cc(OCc3ccccc3)c2O1. The average Bonchev–Trinajstić information content (AvgIpc) is 2.79. The normalized spacial score (nSPS) is 15.0. The number of benzene rings is 2. The summed E-state index contributed by atoms with van der Waals surface area (Å²) >= 11 is 0. The predicted molar refractivity (Wildman–Crippen MR) is 80.4 cm³/mol. The van der Waals surface area contributed by atoms with Crippen molar-refractivity contribution in [3.8, 4) is 17.2 Å². The number of fused-ring (bicyclic) bond motifs is 1.